The number of carbonyl (C=O) groups is 7. The number of anilines is 1. The zero-order valence-electron chi connectivity index (χ0n) is 30.7. The summed E-state index contributed by atoms with van der Waals surface area (Å²) in [4.78, 5) is 93.4. The van der Waals surface area contributed by atoms with Crippen LogP contribution in [0.2, 0.25) is 0 Å². The van der Waals surface area contributed by atoms with E-state index in [0.29, 0.717) is 25.1 Å². The Morgan fingerprint density at radius 3 is 1.60 bits per heavy atom. The van der Waals surface area contributed by atoms with Crippen LogP contribution < -0.4 is 16.0 Å². The largest absolute Gasteiger partial charge is 0.480 e. The average molecular weight is 938 g/mol. The first-order valence-electron chi connectivity index (χ1n) is 17.8. The Bertz CT molecular complexity index is 1440. The van der Waals surface area contributed by atoms with Crippen molar-refractivity contribution in [2.45, 2.75) is 31.7 Å². The van der Waals surface area contributed by atoms with Crippen molar-refractivity contribution in [2.24, 2.45) is 0 Å². The van der Waals surface area contributed by atoms with E-state index in [4.69, 9.17) is 0 Å². The van der Waals surface area contributed by atoms with Gasteiger partial charge < -0.3 is 46.2 Å². The van der Waals surface area contributed by atoms with Crippen molar-refractivity contribution in [3.8, 4) is 0 Å². The van der Waals surface area contributed by atoms with Crippen LogP contribution in [-0.4, -0.2) is 209 Å². The van der Waals surface area contributed by atoms with E-state index in [1.54, 1.807) is 31.7 Å². The molecule has 1 aromatic rings. The molecule has 20 nitrogen and oxygen atoms in total. The summed E-state index contributed by atoms with van der Waals surface area (Å²) in [6, 6.07) is 5.28. The number of hydrogen-bond donors (Lipinski definition) is 8. The molecule has 1 radical (unpaired) electrons. The van der Waals surface area contributed by atoms with Crippen LogP contribution in [-0.2, 0) is 28.8 Å². The normalized spacial score (nSPS) is 18.5. The maximum absolute atomic E-state index is 12.9. The standard InChI is InChI=1S/C33H51BN8O12.Lu/c1-23(33(52)42-8-2-3-27(42)34(53)54)37-32(51)24-4-6-25(7-5-24)35-17-26(43)18-36-28(44)19-38-9-11-39(20-29(45)46)13-15-41(22-31(49)50)16-14-40(12-10-38)21-30(47)48;/h4-7,23,27,35,53-54H,2-3,8-22H2,1H3,(H,36,44)(H,37,51)(H,45,46)(H,47,48)(H,49,50);/t23-,27+;/m1./s1. The fraction of sp³-hybridized carbons (Fsp3) is 0.606. The third-order valence-electron chi connectivity index (χ3n) is 9.14. The number of hydrogen-bond acceptors (Lipinski definition) is 14. The number of nitrogens with one attached hydrogen (secondary N) is 3. The van der Waals surface area contributed by atoms with E-state index in [1.165, 1.54) is 24.0 Å². The zero-order valence-corrected chi connectivity index (χ0v) is 32.3. The van der Waals surface area contributed by atoms with Gasteiger partial charge in [-0.1, -0.05) is 0 Å². The fourth-order valence-corrected chi connectivity index (χ4v) is 6.21. The molecule has 3 amide bonds. The van der Waals surface area contributed by atoms with Crippen LogP contribution in [0.25, 0.3) is 0 Å². The number of benzene rings is 1. The van der Waals surface area contributed by atoms with E-state index >= 15 is 0 Å². The molecule has 2 saturated heterocycles. The van der Waals surface area contributed by atoms with Crippen molar-refractivity contribution in [1.29, 1.82) is 0 Å². The minimum atomic E-state index is -1.66. The molecule has 8 N–H and O–H groups in total. The average Bonchev–Trinajstić information content (AvgIpc) is 3.61. The molecule has 0 bridgehead atoms. The predicted molar refractivity (Wildman–Crippen MR) is 193 cm³/mol. The van der Waals surface area contributed by atoms with Gasteiger partial charge in [0, 0.05) is 107 Å². The molecule has 1 aromatic carbocycles. The Hall–Kier alpha value is -3.43. The van der Waals surface area contributed by atoms with Crippen molar-refractivity contribution in [3.05, 3.63) is 29.8 Å². The van der Waals surface area contributed by atoms with E-state index in [-0.39, 0.29) is 140 Å². The molecule has 2 heterocycles. The number of rotatable bonds is 17. The summed E-state index contributed by atoms with van der Waals surface area (Å²) in [5, 5.41) is 55.3. The van der Waals surface area contributed by atoms with E-state index in [0.717, 1.165) is 0 Å². The number of carboxylic acid groups (broad SMARTS) is 3. The van der Waals surface area contributed by atoms with E-state index in [2.05, 4.69) is 16.0 Å². The molecule has 2 fully saturated rings. The van der Waals surface area contributed by atoms with Crippen molar-refractivity contribution < 1.29 is 95.8 Å². The first-order valence-corrected chi connectivity index (χ1v) is 17.8. The molecule has 3 rings (SSSR count). The summed E-state index contributed by atoms with van der Waals surface area (Å²) in [5.74, 6) is -5.63. The smallest absolute Gasteiger partial charge is 0.475 e. The second kappa shape index (κ2) is 24.3. The molecule has 0 unspecified atom stereocenters. The van der Waals surface area contributed by atoms with Gasteiger partial charge in [-0.3, -0.25) is 53.2 Å². The van der Waals surface area contributed by atoms with Gasteiger partial charge in [0.25, 0.3) is 5.91 Å². The molecular weight excluding hydrogens is 886 g/mol. The topological polar surface area (TPSA) is 273 Å². The minimum Gasteiger partial charge on any atom is -0.480 e. The molecule has 0 aromatic heterocycles. The molecule has 313 valence electrons. The summed E-state index contributed by atoms with van der Waals surface area (Å²) in [6.45, 7) is 2.45. The van der Waals surface area contributed by atoms with Crippen molar-refractivity contribution in [1.82, 2.24) is 35.1 Å². The molecule has 2 aliphatic heterocycles. The second-order valence-electron chi connectivity index (χ2n) is 13.4. The summed E-state index contributed by atoms with van der Waals surface area (Å²) in [5.41, 5.74) is 0.785. The van der Waals surface area contributed by atoms with Crippen LogP contribution in [0.15, 0.2) is 24.3 Å². The van der Waals surface area contributed by atoms with Crippen LogP contribution in [0.4, 0.5) is 5.69 Å². The molecule has 2 aliphatic rings. The number of carboxylic acids is 3. The maximum Gasteiger partial charge on any atom is 0.475 e. The van der Waals surface area contributed by atoms with Gasteiger partial charge in [-0.05, 0) is 44.0 Å². The van der Waals surface area contributed by atoms with E-state index < -0.39 is 54.7 Å². The number of ketones is 1. The molecular formula is C33H51BLuN8O12. The van der Waals surface area contributed by atoms with E-state index in [9.17, 15) is 58.9 Å². The number of nitrogens with zero attached hydrogens (tertiary/aromatic N) is 5. The van der Waals surface area contributed by atoms with Crippen molar-refractivity contribution in [3.63, 3.8) is 0 Å². The Balaban J connectivity index is 0.0000105. The van der Waals surface area contributed by atoms with Gasteiger partial charge in [-0.25, -0.2) is 0 Å². The van der Waals surface area contributed by atoms with Crippen LogP contribution in [0.5, 0.6) is 0 Å². The van der Waals surface area contributed by atoms with Crippen LogP contribution in [0.1, 0.15) is 30.1 Å². The maximum atomic E-state index is 12.9. The first kappa shape index (κ1) is 47.7. The summed E-state index contributed by atoms with van der Waals surface area (Å²) >= 11 is 0. The van der Waals surface area contributed by atoms with Gasteiger partial charge >= 0.3 is 25.0 Å². The predicted octanol–water partition coefficient (Wildman–Crippen LogP) is -3.62. The molecule has 55 heavy (non-hydrogen) atoms. The van der Waals surface area contributed by atoms with Gasteiger partial charge in [0.15, 0.2) is 5.78 Å². The first-order chi connectivity index (χ1) is 25.6. The third-order valence-corrected chi connectivity index (χ3v) is 9.14. The quantitative estimate of drug-likeness (QED) is 0.0701. The third kappa shape index (κ3) is 17.5. The van der Waals surface area contributed by atoms with Gasteiger partial charge in [0.05, 0.1) is 45.2 Å². The Morgan fingerprint density at radius 1 is 0.709 bits per heavy atom. The molecule has 22 heteroatoms. The fourth-order valence-electron chi connectivity index (χ4n) is 6.21. The number of carbonyl (C=O) groups excluding carboxylic acids is 4. The van der Waals surface area contributed by atoms with Gasteiger partial charge in [-0.15, -0.1) is 0 Å². The van der Waals surface area contributed by atoms with Gasteiger partial charge in [-0.2, -0.15) is 0 Å². The number of Topliss-reactive ketones (excluding diaryl/α,β-unsaturated/α-hetero) is 1. The summed E-state index contributed by atoms with van der Waals surface area (Å²) < 4.78 is 0. The minimum absolute atomic E-state index is 0. The SMILES string of the molecule is C[C@@H](NC(=O)c1ccc(NCC(=O)CNC(=O)CN2CCN(CC(=O)O)CCN(CC(=O)O)CCN(CC(=O)O)CC2)cc1)C(=O)N1CCC[C@H]1B(O)O.[Lu]. The Morgan fingerprint density at radius 2 is 1.16 bits per heavy atom. The van der Waals surface area contributed by atoms with Gasteiger partial charge in [0.2, 0.25) is 11.8 Å². The monoisotopic (exact) mass is 937 g/mol. The van der Waals surface area contributed by atoms with Gasteiger partial charge in [0.1, 0.15) is 6.04 Å². The van der Waals surface area contributed by atoms with Crippen molar-refractivity contribution >= 4 is 54.2 Å². The van der Waals surface area contributed by atoms with E-state index in [1.807, 2.05) is 0 Å². The Labute approximate surface area is 348 Å². The van der Waals surface area contributed by atoms with Crippen LogP contribution in [0, 0.1) is 36.9 Å². The summed E-state index contributed by atoms with van der Waals surface area (Å²) in [7, 11) is -1.66. The Kier molecular flexibility index (Phi) is 21.0. The van der Waals surface area contributed by atoms with Crippen LogP contribution in [0.3, 0.4) is 0 Å². The molecule has 0 spiro atoms. The number of amides is 3. The molecule has 0 saturated carbocycles. The second-order valence-corrected chi connectivity index (χ2v) is 13.4. The molecule has 2 atom stereocenters. The molecule has 0 aliphatic carbocycles. The zero-order chi connectivity index (χ0) is 39.8. The van der Waals surface area contributed by atoms with Crippen molar-refractivity contribution in [2.75, 3.05) is 103 Å². The number of likely N-dealkylation sites (tertiary alicyclic amines) is 1. The summed E-state index contributed by atoms with van der Waals surface area (Å²) in [6.07, 6.45) is 1.09. The van der Waals surface area contributed by atoms with Crippen LogP contribution >= 0.6 is 0 Å². The number of aliphatic carboxylic acids is 3.